The molecule has 3 aromatic rings. The van der Waals surface area contributed by atoms with Gasteiger partial charge in [0.1, 0.15) is 17.1 Å². The molecule has 0 bridgehead atoms. The lowest BCUT2D eigenvalue weighted by Crippen LogP contribution is -2.17. The molecular formula is C21H18F3NO5. The molecule has 3 rings (SSSR count). The Labute approximate surface area is 169 Å². The van der Waals surface area contributed by atoms with Crippen molar-refractivity contribution >= 4 is 22.6 Å². The zero-order valence-corrected chi connectivity index (χ0v) is 16.1. The van der Waals surface area contributed by atoms with Crippen molar-refractivity contribution in [2.45, 2.75) is 26.1 Å². The zero-order valence-electron chi connectivity index (χ0n) is 16.1. The van der Waals surface area contributed by atoms with E-state index in [-0.39, 0.29) is 18.6 Å². The van der Waals surface area contributed by atoms with Gasteiger partial charge < -0.3 is 19.2 Å². The standard InChI is InChI=1S/C21H18F3NO5/c1-12-16-8-7-15(28-2)11-18(16)29-20(27)17(12)9-10-19(26)25-13-3-5-14(6-4-13)30-21(22,23)24/h3-8,11H,9-10H2,1-2H3,(H,25,26). The summed E-state index contributed by atoms with van der Waals surface area (Å²) < 4.78 is 50.8. The molecule has 0 spiro atoms. The second-order valence-electron chi connectivity index (χ2n) is 6.48. The third-order valence-electron chi connectivity index (χ3n) is 4.47. The first-order valence-electron chi connectivity index (χ1n) is 8.92. The summed E-state index contributed by atoms with van der Waals surface area (Å²) in [4.78, 5) is 24.5. The summed E-state index contributed by atoms with van der Waals surface area (Å²) in [7, 11) is 1.51. The van der Waals surface area contributed by atoms with Crippen molar-refractivity contribution < 1.29 is 31.9 Å². The number of rotatable bonds is 6. The fourth-order valence-corrected chi connectivity index (χ4v) is 2.99. The molecule has 0 aliphatic carbocycles. The minimum absolute atomic E-state index is 0.00589. The molecule has 0 radical (unpaired) electrons. The van der Waals surface area contributed by atoms with E-state index in [1.54, 1.807) is 25.1 Å². The summed E-state index contributed by atoms with van der Waals surface area (Å²) in [5, 5.41) is 3.31. The van der Waals surface area contributed by atoms with Crippen LogP contribution in [0.5, 0.6) is 11.5 Å². The molecule has 30 heavy (non-hydrogen) atoms. The number of amides is 1. The number of alkyl halides is 3. The summed E-state index contributed by atoms with van der Waals surface area (Å²) in [5.74, 6) is -0.224. The second-order valence-corrected chi connectivity index (χ2v) is 6.48. The van der Waals surface area contributed by atoms with Crippen LogP contribution >= 0.6 is 0 Å². The van der Waals surface area contributed by atoms with E-state index in [0.29, 0.717) is 28.1 Å². The van der Waals surface area contributed by atoms with Crippen LogP contribution in [-0.4, -0.2) is 19.4 Å². The first-order chi connectivity index (χ1) is 14.2. The minimum Gasteiger partial charge on any atom is -0.497 e. The van der Waals surface area contributed by atoms with Crippen molar-refractivity contribution in [2.75, 3.05) is 12.4 Å². The smallest absolute Gasteiger partial charge is 0.497 e. The van der Waals surface area contributed by atoms with Gasteiger partial charge in [-0.25, -0.2) is 4.79 Å². The molecule has 9 heteroatoms. The number of nitrogens with one attached hydrogen (secondary N) is 1. The Bertz CT molecular complexity index is 1120. The number of anilines is 1. The average Bonchev–Trinajstić information content (AvgIpc) is 2.67. The average molecular weight is 421 g/mol. The third kappa shape index (κ3) is 5.11. The number of carbonyl (C=O) groups excluding carboxylic acids is 1. The predicted octanol–water partition coefficient (Wildman–Crippen LogP) is 4.58. The summed E-state index contributed by atoms with van der Waals surface area (Å²) in [6.07, 6.45) is -4.64. The van der Waals surface area contributed by atoms with Crippen molar-refractivity contribution in [3.05, 3.63) is 64.0 Å². The van der Waals surface area contributed by atoms with Crippen molar-refractivity contribution in [2.24, 2.45) is 0 Å². The summed E-state index contributed by atoms with van der Waals surface area (Å²) >= 11 is 0. The lowest BCUT2D eigenvalue weighted by atomic mass is 10.0. The number of fused-ring (bicyclic) bond motifs is 1. The number of hydrogen-bond acceptors (Lipinski definition) is 5. The van der Waals surface area contributed by atoms with E-state index in [4.69, 9.17) is 9.15 Å². The highest BCUT2D eigenvalue weighted by Gasteiger charge is 2.30. The Morgan fingerprint density at radius 2 is 1.77 bits per heavy atom. The quantitative estimate of drug-likeness (QED) is 0.590. The van der Waals surface area contributed by atoms with E-state index in [9.17, 15) is 22.8 Å². The van der Waals surface area contributed by atoms with Crippen molar-refractivity contribution in [1.29, 1.82) is 0 Å². The Hall–Kier alpha value is -3.49. The molecule has 0 saturated heterocycles. The van der Waals surface area contributed by atoms with Crippen LogP contribution in [-0.2, 0) is 11.2 Å². The molecule has 158 valence electrons. The van der Waals surface area contributed by atoms with Crippen LogP contribution in [0.25, 0.3) is 11.0 Å². The maximum Gasteiger partial charge on any atom is 0.573 e. The van der Waals surface area contributed by atoms with Crippen molar-refractivity contribution in [1.82, 2.24) is 0 Å². The maximum atomic E-state index is 12.3. The van der Waals surface area contributed by atoms with Gasteiger partial charge in [0.15, 0.2) is 0 Å². The van der Waals surface area contributed by atoms with Crippen LogP contribution in [0.15, 0.2) is 51.7 Å². The Balaban J connectivity index is 1.67. The molecule has 1 heterocycles. The molecule has 0 saturated carbocycles. The van der Waals surface area contributed by atoms with E-state index in [2.05, 4.69) is 10.1 Å². The minimum atomic E-state index is -4.78. The summed E-state index contributed by atoms with van der Waals surface area (Å²) in [5.41, 5.74) is 1.27. The Morgan fingerprint density at radius 1 is 1.10 bits per heavy atom. The van der Waals surface area contributed by atoms with Gasteiger partial charge in [0.2, 0.25) is 5.91 Å². The molecule has 0 unspecified atom stereocenters. The van der Waals surface area contributed by atoms with Crippen LogP contribution in [0.2, 0.25) is 0 Å². The fraction of sp³-hybridized carbons (Fsp3) is 0.238. The van der Waals surface area contributed by atoms with Gasteiger partial charge in [-0.05, 0) is 55.3 Å². The second kappa shape index (κ2) is 8.48. The van der Waals surface area contributed by atoms with Gasteiger partial charge in [-0.15, -0.1) is 13.2 Å². The van der Waals surface area contributed by atoms with Gasteiger partial charge in [-0.2, -0.15) is 0 Å². The Kier molecular flexibility index (Phi) is 6.00. The van der Waals surface area contributed by atoms with E-state index < -0.39 is 17.9 Å². The first-order valence-corrected chi connectivity index (χ1v) is 8.92. The van der Waals surface area contributed by atoms with E-state index >= 15 is 0 Å². The van der Waals surface area contributed by atoms with Gasteiger partial charge in [0, 0.05) is 29.1 Å². The molecule has 0 aliphatic rings. The number of carbonyl (C=O) groups is 1. The molecule has 0 fully saturated rings. The van der Waals surface area contributed by atoms with Crippen LogP contribution in [0.3, 0.4) is 0 Å². The number of benzene rings is 2. The van der Waals surface area contributed by atoms with Gasteiger partial charge in [0.25, 0.3) is 0 Å². The molecule has 0 atom stereocenters. The molecule has 1 aromatic heterocycles. The van der Waals surface area contributed by atoms with Gasteiger partial charge in [-0.1, -0.05) is 0 Å². The third-order valence-corrected chi connectivity index (χ3v) is 4.47. The fourth-order valence-electron chi connectivity index (χ4n) is 2.99. The molecular weight excluding hydrogens is 403 g/mol. The molecule has 0 aliphatic heterocycles. The molecule has 1 N–H and O–H groups in total. The highest BCUT2D eigenvalue weighted by molar-refractivity contribution is 5.91. The van der Waals surface area contributed by atoms with Crippen LogP contribution in [0.4, 0.5) is 18.9 Å². The van der Waals surface area contributed by atoms with Crippen LogP contribution in [0, 0.1) is 6.92 Å². The maximum absolute atomic E-state index is 12.3. The number of halogens is 3. The summed E-state index contributed by atoms with van der Waals surface area (Å²) in [6, 6.07) is 9.92. The van der Waals surface area contributed by atoms with Gasteiger partial charge >= 0.3 is 12.0 Å². The first kappa shape index (κ1) is 21.2. The van der Waals surface area contributed by atoms with Gasteiger partial charge in [-0.3, -0.25) is 4.79 Å². The van der Waals surface area contributed by atoms with Gasteiger partial charge in [0.05, 0.1) is 7.11 Å². The molecule has 2 aromatic carbocycles. The van der Waals surface area contributed by atoms with E-state index in [1.165, 1.54) is 19.2 Å². The predicted molar refractivity (Wildman–Crippen MR) is 104 cm³/mol. The largest absolute Gasteiger partial charge is 0.573 e. The summed E-state index contributed by atoms with van der Waals surface area (Å²) in [6.45, 7) is 1.78. The normalized spacial score (nSPS) is 11.4. The van der Waals surface area contributed by atoms with E-state index in [1.807, 2.05) is 0 Å². The Morgan fingerprint density at radius 3 is 2.40 bits per heavy atom. The highest BCUT2D eigenvalue weighted by Crippen LogP contribution is 2.25. The van der Waals surface area contributed by atoms with Crippen molar-refractivity contribution in [3.63, 3.8) is 0 Å². The highest BCUT2D eigenvalue weighted by atomic mass is 19.4. The topological polar surface area (TPSA) is 77.8 Å². The number of hydrogen-bond donors (Lipinski definition) is 1. The van der Waals surface area contributed by atoms with Crippen LogP contribution < -0.4 is 20.4 Å². The lowest BCUT2D eigenvalue weighted by molar-refractivity contribution is -0.274. The van der Waals surface area contributed by atoms with Crippen LogP contribution in [0.1, 0.15) is 17.5 Å². The SMILES string of the molecule is COc1ccc2c(C)c(CCC(=O)Nc3ccc(OC(F)(F)F)cc3)c(=O)oc2c1. The van der Waals surface area contributed by atoms with E-state index in [0.717, 1.165) is 17.5 Å². The number of methoxy groups -OCH3 is 1. The van der Waals surface area contributed by atoms with Crippen molar-refractivity contribution in [3.8, 4) is 11.5 Å². The number of aryl methyl sites for hydroxylation is 1. The monoisotopic (exact) mass is 421 g/mol. The lowest BCUT2D eigenvalue weighted by Gasteiger charge is -2.11. The molecule has 6 nitrogen and oxygen atoms in total. The number of ether oxygens (including phenoxy) is 2. The zero-order chi connectivity index (χ0) is 21.9. The molecule has 1 amide bonds.